The Morgan fingerprint density at radius 2 is 1.43 bits per heavy atom. The lowest BCUT2D eigenvalue weighted by Crippen LogP contribution is -2.54. The number of piperidine rings is 1. The summed E-state index contributed by atoms with van der Waals surface area (Å²) in [6, 6.07) is 24.3. The molecule has 14 heteroatoms. The first kappa shape index (κ1) is 37.1. The zero-order valence-electron chi connectivity index (χ0n) is 28.9. The predicted octanol–water partition coefficient (Wildman–Crippen LogP) is 7.11. The van der Waals surface area contributed by atoms with Crippen molar-refractivity contribution >= 4 is 61.0 Å². The molecule has 4 aromatic carbocycles. The molecule has 1 unspecified atom stereocenters. The number of carbonyl (C=O) groups is 4. The highest BCUT2D eigenvalue weighted by Crippen LogP contribution is 2.47. The Kier molecular flexibility index (Phi) is 11.5. The summed E-state index contributed by atoms with van der Waals surface area (Å²) in [5.74, 6) is 0.493. The van der Waals surface area contributed by atoms with Gasteiger partial charge in [0.2, 0.25) is 11.8 Å². The molecule has 0 bridgehead atoms. The first-order valence-electron chi connectivity index (χ1n) is 17.3. The fourth-order valence-corrected chi connectivity index (χ4v) is 7.54. The van der Waals surface area contributed by atoms with Crippen LogP contribution in [-0.4, -0.2) is 79.3 Å². The molecule has 2 N–H and O–H groups in total. The number of amides is 4. The second-order valence-corrected chi connectivity index (χ2v) is 14.4. The summed E-state index contributed by atoms with van der Waals surface area (Å²) in [5, 5.41) is 13.1. The van der Waals surface area contributed by atoms with Crippen molar-refractivity contribution in [2.75, 3.05) is 39.6 Å². The molecule has 0 aliphatic carbocycles. The minimum absolute atomic E-state index is 0.0628. The molecule has 2 aliphatic rings. The maximum Gasteiger partial charge on any atom is 0.262 e. The molecule has 5 aromatic rings. The number of aromatic hydroxyl groups is 1. The van der Waals surface area contributed by atoms with Gasteiger partial charge in [-0.1, -0.05) is 28.1 Å². The quantitative estimate of drug-likeness (QED) is 0.0780. The maximum atomic E-state index is 13.0. The van der Waals surface area contributed by atoms with Gasteiger partial charge in [0.25, 0.3) is 11.8 Å². The van der Waals surface area contributed by atoms with E-state index in [2.05, 4.69) is 21.2 Å². The highest BCUT2D eigenvalue weighted by molar-refractivity contribution is 9.10. The van der Waals surface area contributed by atoms with E-state index in [0.29, 0.717) is 63.3 Å². The highest BCUT2D eigenvalue weighted by atomic mass is 79.9. The number of fused-ring (bicyclic) bond motifs is 2. The molecule has 4 amide bonds. The first-order chi connectivity index (χ1) is 26.2. The number of halogens is 1. The number of thiophene rings is 1. The van der Waals surface area contributed by atoms with Gasteiger partial charge in [-0.15, -0.1) is 11.3 Å². The molecule has 2 aliphatic heterocycles. The number of nitrogens with zero attached hydrogens (tertiary/aromatic N) is 1. The molecule has 3 heterocycles. The van der Waals surface area contributed by atoms with Crippen molar-refractivity contribution in [1.82, 2.24) is 10.2 Å². The van der Waals surface area contributed by atoms with Crippen molar-refractivity contribution in [3.63, 3.8) is 0 Å². The van der Waals surface area contributed by atoms with Crippen molar-refractivity contribution < 1.29 is 48.0 Å². The van der Waals surface area contributed by atoms with Crippen molar-refractivity contribution in [1.29, 1.82) is 0 Å². The normalized spacial score (nSPS) is 15.4. The van der Waals surface area contributed by atoms with E-state index in [4.69, 9.17) is 23.7 Å². The van der Waals surface area contributed by atoms with Crippen molar-refractivity contribution in [3.8, 4) is 39.2 Å². The van der Waals surface area contributed by atoms with Crippen LogP contribution >= 0.6 is 27.3 Å². The monoisotopic (exact) mass is 814 g/mol. The molecule has 0 spiro atoms. The zero-order valence-corrected chi connectivity index (χ0v) is 31.3. The van der Waals surface area contributed by atoms with Crippen LogP contribution in [0.15, 0.2) is 89.4 Å². The van der Waals surface area contributed by atoms with E-state index in [9.17, 15) is 24.3 Å². The van der Waals surface area contributed by atoms with Gasteiger partial charge in [0, 0.05) is 34.0 Å². The molecule has 278 valence electrons. The van der Waals surface area contributed by atoms with E-state index in [1.54, 1.807) is 29.5 Å². The largest absolute Gasteiger partial charge is 0.508 e. The molecule has 1 aromatic heterocycles. The Labute approximate surface area is 322 Å². The number of ether oxygens (including phenoxy) is 5. The lowest BCUT2D eigenvalue weighted by Gasteiger charge is -2.27. The maximum absolute atomic E-state index is 13.0. The van der Waals surface area contributed by atoms with Crippen LogP contribution in [0.3, 0.4) is 0 Å². The van der Waals surface area contributed by atoms with Crippen LogP contribution in [-0.2, 0) is 19.1 Å². The number of rotatable bonds is 16. The van der Waals surface area contributed by atoms with Gasteiger partial charge < -0.3 is 28.8 Å². The summed E-state index contributed by atoms with van der Waals surface area (Å²) in [7, 11) is 0. The van der Waals surface area contributed by atoms with Crippen LogP contribution in [0.4, 0.5) is 0 Å². The van der Waals surface area contributed by atoms with Crippen LogP contribution in [0.2, 0.25) is 0 Å². The van der Waals surface area contributed by atoms with Crippen LogP contribution in [0, 0.1) is 0 Å². The highest BCUT2D eigenvalue weighted by Gasteiger charge is 2.44. The summed E-state index contributed by atoms with van der Waals surface area (Å²) in [6.45, 7) is 2.31. The first-order valence-corrected chi connectivity index (χ1v) is 18.9. The van der Waals surface area contributed by atoms with Gasteiger partial charge >= 0.3 is 0 Å². The summed E-state index contributed by atoms with van der Waals surface area (Å²) in [4.78, 5) is 51.5. The van der Waals surface area contributed by atoms with Crippen LogP contribution in [0.5, 0.6) is 28.7 Å². The standard InChI is InChI=1S/C40H35BrN2O10S/c41-25-4-2-24(3-5-25)37-36(31-12-6-26(44)22-34(31)54-37)53-28-9-7-27(8-10-28)52-21-20-50-19-18-49-16-1-17-51-29-11-13-30-32(23-29)40(48)43(39(30)47)33-14-15-35(45)42-38(33)46/h2-13,22-23,33,44H,1,14-21H2,(H,42,45,46). The van der Waals surface area contributed by atoms with E-state index in [-0.39, 0.29) is 29.7 Å². The Bertz CT molecular complexity index is 2190. The number of imide groups is 2. The molecule has 12 nitrogen and oxygen atoms in total. The number of nitrogens with one attached hydrogen (secondary N) is 1. The van der Waals surface area contributed by atoms with Gasteiger partial charge in [-0.05, 0) is 84.8 Å². The molecule has 7 rings (SSSR count). The number of phenols is 1. The van der Waals surface area contributed by atoms with Crippen LogP contribution in [0.25, 0.3) is 20.5 Å². The molecular formula is C40H35BrN2O10S. The Balaban J connectivity index is 0.785. The van der Waals surface area contributed by atoms with Crippen LogP contribution < -0.4 is 19.5 Å². The van der Waals surface area contributed by atoms with E-state index in [0.717, 1.165) is 35.6 Å². The lowest BCUT2D eigenvalue weighted by molar-refractivity contribution is -0.136. The van der Waals surface area contributed by atoms with E-state index in [1.165, 1.54) is 12.1 Å². The fraction of sp³-hybridized carbons (Fsp3) is 0.250. The van der Waals surface area contributed by atoms with Gasteiger partial charge in [0.05, 0.1) is 42.4 Å². The summed E-state index contributed by atoms with van der Waals surface area (Å²) >= 11 is 5.06. The molecule has 1 fully saturated rings. The number of phenolic OH excluding ortho intramolecular Hbond substituents is 1. The summed E-state index contributed by atoms with van der Waals surface area (Å²) in [6.07, 6.45) is 0.753. The zero-order chi connectivity index (χ0) is 37.6. The minimum atomic E-state index is -1.01. The smallest absolute Gasteiger partial charge is 0.262 e. The topological polar surface area (TPSA) is 150 Å². The fourth-order valence-electron chi connectivity index (χ4n) is 6.11. The average molecular weight is 816 g/mol. The number of hydrogen-bond acceptors (Lipinski definition) is 11. The minimum Gasteiger partial charge on any atom is -0.508 e. The number of carbonyl (C=O) groups excluding carboxylic acids is 4. The molecule has 1 atom stereocenters. The summed E-state index contributed by atoms with van der Waals surface area (Å²) in [5.41, 5.74) is 1.39. The molecule has 0 saturated carbocycles. The summed E-state index contributed by atoms with van der Waals surface area (Å²) < 4.78 is 31.2. The predicted molar refractivity (Wildman–Crippen MR) is 204 cm³/mol. The SMILES string of the molecule is O=C1CCC(N2C(=O)c3ccc(OCCCOCCOCCOc4ccc(Oc5c(-c6ccc(Br)cc6)sc6cc(O)ccc56)cc4)cc3C2=O)C(=O)N1. The second kappa shape index (κ2) is 16.8. The average Bonchev–Trinajstić information content (AvgIpc) is 3.63. The van der Waals surface area contributed by atoms with E-state index >= 15 is 0 Å². The number of benzene rings is 4. The second-order valence-electron chi connectivity index (χ2n) is 12.5. The van der Waals surface area contributed by atoms with Gasteiger partial charge in [0.15, 0.2) is 5.75 Å². The third-order valence-electron chi connectivity index (χ3n) is 8.76. The Morgan fingerprint density at radius 3 is 2.20 bits per heavy atom. The Hall–Kier alpha value is -5.28. The third-order valence-corrected chi connectivity index (χ3v) is 10.5. The van der Waals surface area contributed by atoms with E-state index in [1.807, 2.05) is 54.6 Å². The van der Waals surface area contributed by atoms with E-state index < -0.39 is 29.7 Å². The van der Waals surface area contributed by atoms with Crippen LogP contribution in [0.1, 0.15) is 40.0 Å². The molecule has 0 radical (unpaired) electrons. The molecule has 54 heavy (non-hydrogen) atoms. The lowest BCUT2D eigenvalue weighted by atomic mass is 10.0. The van der Waals surface area contributed by atoms with Gasteiger partial charge in [-0.25, -0.2) is 0 Å². The van der Waals surface area contributed by atoms with Gasteiger partial charge in [0.1, 0.15) is 35.6 Å². The van der Waals surface area contributed by atoms with Gasteiger partial charge in [-0.2, -0.15) is 0 Å². The molecule has 1 saturated heterocycles. The van der Waals surface area contributed by atoms with Crippen molar-refractivity contribution in [3.05, 3.63) is 101 Å². The Morgan fingerprint density at radius 1 is 0.741 bits per heavy atom. The van der Waals surface area contributed by atoms with Gasteiger partial charge in [-0.3, -0.25) is 29.4 Å². The molecular weight excluding hydrogens is 780 g/mol. The van der Waals surface area contributed by atoms with Crippen molar-refractivity contribution in [2.24, 2.45) is 0 Å². The third kappa shape index (κ3) is 8.42. The van der Waals surface area contributed by atoms with Crippen molar-refractivity contribution in [2.45, 2.75) is 25.3 Å². The number of hydrogen-bond donors (Lipinski definition) is 2.